The number of hydrogen-bond donors (Lipinski definition) is 1. The molecule has 0 aliphatic carbocycles. The standard InChI is InChI=1S/C17H15NO3/c1-11-12(2)18-17-8-7-15(9-16(11)17)21-14-5-3-13(4-6-14)20-10-19/h3-10,18H,1-2H3. The highest BCUT2D eigenvalue weighted by atomic mass is 16.5. The van der Waals surface area contributed by atoms with Gasteiger partial charge in [0, 0.05) is 16.6 Å². The second-order valence-corrected chi connectivity index (χ2v) is 4.87. The maximum Gasteiger partial charge on any atom is 0.298 e. The van der Waals surface area contributed by atoms with Gasteiger partial charge in [0.05, 0.1) is 0 Å². The third kappa shape index (κ3) is 2.60. The molecule has 0 aliphatic heterocycles. The Morgan fingerprint density at radius 3 is 2.33 bits per heavy atom. The molecule has 2 aromatic carbocycles. The SMILES string of the molecule is Cc1[nH]c2ccc(Oc3ccc(OC=O)cc3)cc2c1C. The van der Waals surface area contributed by atoms with Gasteiger partial charge in [0.25, 0.3) is 6.47 Å². The van der Waals surface area contributed by atoms with Crippen molar-refractivity contribution >= 4 is 17.4 Å². The Balaban J connectivity index is 1.87. The van der Waals surface area contributed by atoms with E-state index in [2.05, 4.69) is 18.8 Å². The van der Waals surface area contributed by atoms with E-state index in [1.807, 2.05) is 18.2 Å². The zero-order chi connectivity index (χ0) is 14.8. The fraction of sp³-hybridized carbons (Fsp3) is 0.118. The van der Waals surface area contributed by atoms with Crippen LogP contribution in [0.1, 0.15) is 11.3 Å². The molecule has 0 fully saturated rings. The molecule has 4 nitrogen and oxygen atoms in total. The normalized spacial score (nSPS) is 10.6. The summed E-state index contributed by atoms with van der Waals surface area (Å²) in [6, 6.07) is 12.9. The van der Waals surface area contributed by atoms with E-state index in [1.54, 1.807) is 24.3 Å². The van der Waals surface area contributed by atoms with Crippen LogP contribution < -0.4 is 9.47 Å². The number of carbonyl (C=O) groups excluding carboxylic acids is 1. The van der Waals surface area contributed by atoms with E-state index in [0.29, 0.717) is 18.0 Å². The van der Waals surface area contributed by atoms with E-state index in [0.717, 1.165) is 22.3 Å². The summed E-state index contributed by atoms with van der Waals surface area (Å²) in [7, 11) is 0. The summed E-state index contributed by atoms with van der Waals surface area (Å²) < 4.78 is 10.6. The van der Waals surface area contributed by atoms with Crippen LogP contribution in [0, 0.1) is 13.8 Å². The van der Waals surface area contributed by atoms with E-state index in [1.165, 1.54) is 5.56 Å². The number of aromatic amines is 1. The van der Waals surface area contributed by atoms with E-state index in [-0.39, 0.29) is 0 Å². The van der Waals surface area contributed by atoms with Crippen molar-refractivity contribution in [3.63, 3.8) is 0 Å². The van der Waals surface area contributed by atoms with Crippen LogP contribution >= 0.6 is 0 Å². The minimum Gasteiger partial charge on any atom is -0.457 e. The van der Waals surface area contributed by atoms with Crippen LogP contribution in [0.15, 0.2) is 42.5 Å². The monoisotopic (exact) mass is 281 g/mol. The number of benzene rings is 2. The van der Waals surface area contributed by atoms with Crippen molar-refractivity contribution in [2.75, 3.05) is 0 Å². The highest BCUT2D eigenvalue weighted by Gasteiger charge is 2.06. The first-order valence-corrected chi connectivity index (χ1v) is 6.64. The Morgan fingerprint density at radius 1 is 0.952 bits per heavy atom. The molecule has 21 heavy (non-hydrogen) atoms. The van der Waals surface area contributed by atoms with E-state index in [9.17, 15) is 4.79 Å². The van der Waals surface area contributed by atoms with Crippen LogP contribution in [0.3, 0.4) is 0 Å². The van der Waals surface area contributed by atoms with Crippen molar-refractivity contribution in [1.82, 2.24) is 4.98 Å². The van der Waals surface area contributed by atoms with Crippen LogP contribution in [0.25, 0.3) is 10.9 Å². The van der Waals surface area contributed by atoms with Crippen molar-refractivity contribution in [1.29, 1.82) is 0 Å². The number of rotatable bonds is 4. The number of H-pyrrole nitrogens is 1. The highest BCUT2D eigenvalue weighted by Crippen LogP contribution is 2.29. The maximum absolute atomic E-state index is 10.3. The molecule has 0 saturated carbocycles. The second kappa shape index (κ2) is 5.32. The predicted octanol–water partition coefficient (Wildman–Crippen LogP) is 4.11. The van der Waals surface area contributed by atoms with Crippen molar-refractivity contribution in [3.8, 4) is 17.2 Å². The summed E-state index contributed by atoms with van der Waals surface area (Å²) in [5.41, 5.74) is 3.50. The number of nitrogens with one attached hydrogen (secondary N) is 1. The average molecular weight is 281 g/mol. The molecule has 0 amide bonds. The van der Waals surface area contributed by atoms with Crippen LogP contribution in [0.5, 0.6) is 17.2 Å². The lowest BCUT2D eigenvalue weighted by molar-refractivity contribution is -0.120. The topological polar surface area (TPSA) is 51.3 Å². The number of aromatic nitrogens is 1. The molecule has 0 radical (unpaired) electrons. The molecular formula is C17H15NO3. The van der Waals surface area contributed by atoms with E-state index >= 15 is 0 Å². The molecule has 3 aromatic rings. The molecule has 0 bridgehead atoms. The summed E-state index contributed by atoms with van der Waals surface area (Å²) in [5, 5.41) is 1.16. The smallest absolute Gasteiger partial charge is 0.298 e. The number of carbonyl (C=O) groups is 1. The van der Waals surface area contributed by atoms with Crippen LogP contribution in [0.2, 0.25) is 0 Å². The van der Waals surface area contributed by atoms with Crippen LogP contribution in [0.4, 0.5) is 0 Å². The fourth-order valence-electron chi connectivity index (χ4n) is 2.28. The fourth-order valence-corrected chi connectivity index (χ4v) is 2.28. The lowest BCUT2D eigenvalue weighted by Crippen LogP contribution is -1.88. The summed E-state index contributed by atoms with van der Waals surface area (Å²) in [4.78, 5) is 13.6. The maximum atomic E-state index is 10.3. The number of hydrogen-bond acceptors (Lipinski definition) is 3. The molecule has 0 aliphatic rings. The summed E-state index contributed by atoms with van der Waals surface area (Å²) in [5.74, 6) is 1.95. The first-order chi connectivity index (χ1) is 10.2. The molecule has 0 unspecified atom stereocenters. The Labute approximate surface area is 122 Å². The van der Waals surface area contributed by atoms with Gasteiger partial charge in [-0.2, -0.15) is 0 Å². The van der Waals surface area contributed by atoms with Crippen LogP contribution in [-0.2, 0) is 4.79 Å². The molecule has 1 N–H and O–H groups in total. The summed E-state index contributed by atoms with van der Waals surface area (Å²) in [6.45, 7) is 4.55. The average Bonchev–Trinajstić information content (AvgIpc) is 2.77. The van der Waals surface area contributed by atoms with E-state index < -0.39 is 0 Å². The Bertz CT molecular complexity index is 788. The number of fused-ring (bicyclic) bond motifs is 1. The van der Waals surface area contributed by atoms with E-state index in [4.69, 9.17) is 9.47 Å². The Hall–Kier alpha value is -2.75. The zero-order valence-electron chi connectivity index (χ0n) is 11.8. The van der Waals surface area contributed by atoms with Gasteiger partial charge in [-0.15, -0.1) is 0 Å². The minimum atomic E-state index is 0.404. The quantitative estimate of drug-likeness (QED) is 0.732. The zero-order valence-corrected chi connectivity index (χ0v) is 11.8. The predicted molar refractivity (Wildman–Crippen MR) is 81.0 cm³/mol. The lowest BCUT2D eigenvalue weighted by Gasteiger charge is -2.06. The lowest BCUT2D eigenvalue weighted by atomic mass is 10.1. The molecule has 4 heteroatoms. The van der Waals surface area contributed by atoms with Crippen molar-refractivity contribution in [2.24, 2.45) is 0 Å². The van der Waals surface area contributed by atoms with Gasteiger partial charge in [-0.25, -0.2) is 0 Å². The van der Waals surface area contributed by atoms with Gasteiger partial charge in [0.1, 0.15) is 17.2 Å². The Morgan fingerprint density at radius 2 is 1.62 bits per heavy atom. The van der Waals surface area contributed by atoms with Crippen molar-refractivity contribution in [3.05, 3.63) is 53.7 Å². The van der Waals surface area contributed by atoms with Crippen molar-refractivity contribution in [2.45, 2.75) is 13.8 Å². The van der Waals surface area contributed by atoms with Gasteiger partial charge in [-0.05, 0) is 61.9 Å². The number of ether oxygens (including phenoxy) is 2. The van der Waals surface area contributed by atoms with Crippen molar-refractivity contribution < 1.29 is 14.3 Å². The summed E-state index contributed by atoms with van der Waals surface area (Å²) in [6.07, 6.45) is 0. The third-order valence-corrected chi connectivity index (χ3v) is 3.52. The molecule has 1 heterocycles. The molecule has 1 aromatic heterocycles. The first-order valence-electron chi connectivity index (χ1n) is 6.64. The van der Waals surface area contributed by atoms with Crippen LogP contribution in [-0.4, -0.2) is 11.5 Å². The highest BCUT2D eigenvalue weighted by molar-refractivity contribution is 5.85. The largest absolute Gasteiger partial charge is 0.457 e. The molecule has 106 valence electrons. The third-order valence-electron chi connectivity index (χ3n) is 3.52. The Kier molecular flexibility index (Phi) is 3.36. The minimum absolute atomic E-state index is 0.404. The van der Waals surface area contributed by atoms with Gasteiger partial charge in [-0.3, -0.25) is 4.79 Å². The summed E-state index contributed by atoms with van der Waals surface area (Å²) >= 11 is 0. The first kappa shape index (κ1) is 13.2. The molecule has 0 atom stereocenters. The second-order valence-electron chi connectivity index (χ2n) is 4.87. The van der Waals surface area contributed by atoms with Gasteiger partial charge >= 0.3 is 0 Å². The molecular weight excluding hydrogens is 266 g/mol. The number of aryl methyl sites for hydroxylation is 2. The molecule has 0 saturated heterocycles. The van der Waals surface area contributed by atoms with Gasteiger partial charge in [0.2, 0.25) is 0 Å². The van der Waals surface area contributed by atoms with Gasteiger partial charge in [0.15, 0.2) is 0 Å². The van der Waals surface area contributed by atoms with Gasteiger partial charge in [-0.1, -0.05) is 0 Å². The molecule has 0 spiro atoms. The van der Waals surface area contributed by atoms with Gasteiger partial charge < -0.3 is 14.5 Å². The molecule has 3 rings (SSSR count).